The molecule has 0 saturated carbocycles. The third kappa shape index (κ3) is 1.63. The van der Waals surface area contributed by atoms with Gasteiger partial charge in [-0.3, -0.25) is 0 Å². The molecular weight excluding hydrogens is 242 g/mol. The van der Waals surface area contributed by atoms with Gasteiger partial charge in [0.2, 0.25) is 0 Å². The lowest BCUT2D eigenvalue weighted by Crippen LogP contribution is -1.90. The average Bonchev–Trinajstić information content (AvgIpc) is 2.50. The van der Waals surface area contributed by atoms with E-state index in [4.69, 9.17) is 10.7 Å². The summed E-state index contributed by atoms with van der Waals surface area (Å²) in [5.41, 5.74) is 0.879. The summed E-state index contributed by atoms with van der Waals surface area (Å²) in [7, 11) is 1.61. The SMILES string of the molecule is Cc1cc(S(=O)(=O)Cl)cc2cnsc12. The van der Waals surface area contributed by atoms with Crippen molar-refractivity contribution in [1.82, 2.24) is 4.37 Å². The van der Waals surface area contributed by atoms with E-state index in [9.17, 15) is 8.42 Å². The van der Waals surface area contributed by atoms with Gasteiger partial charge in [0, 0.05) is 22.3 Å². The molecule has 1 heterocycles. The summed E-state index contributed by atoms with van der Waals surface area (Å²) in [4.78, 5) is 0.129. The summed E-state index contributed by atoms with van der Waals surface area (Å²) in [6, 6.07) is 3.09. The van der Waals surface area contributed by atoms with Crippen LogP contribution in [-0.4, -0.2) is 12.8 Å². The van der Waals surface area contributed by atoms with Gasteiger partial charge in [-0.2, -0.15) is 4.37 Å². The molecule has 14 heavy (non-hydrogen) atoms. The summed E-state index contributed by atoms with van der Waals surface area (Å²) in [5.74, 6) is 0. The van der Waals surface area contributed by atoms with Gasteiger partial charge in [0.05, 0.1) is 9.60 Å². The zero-order chi connectivity index (χ0) is 10.3. The largest absolute Gasteiger partial charge is 0.261 e. The van der Waals surface area contributed by atoms with Gasteiger partial charge in [0.15, 0.2) is 0 Å². The third-order valence-electron chi connectivity index (χ3n) is 1.89. The average molecular weight is 248 g/mol. The first-order valence-electron chi connectivity index (χ1n) is 3.78. The van der Waals surface area contributed by atoms with Crippen LogP contribution in [0.5, 0.6) is 0 Å². The molecule has 0 spiro atoms. The quantitative estimate of drug-likeness (QED) is 0.728. The van der Waals surface area contributed by atoms with E-state index in [0.29, 0.717) is 0 Å². The standard InChI is InChI=1S/C8H6ClNO2S2/c1-5-2-7(14(9,11)12)3-6-4-10-13-8(5)6/h2-4H,1H3. The van der Waals surface area contributed by atoms with E-state index in [1.807, 2.05) is 6.92 Å². The van der Waals surface area contributed by atoms with Crippen molar-refractivity contribution < 1.29 is 8.42 Å². The van der Waals surface area contributed by atoms with Gasteiger partial charge in [0.25, 0.3) is 9.05 Å². The number of hydrogen-bond donors (Lipinski definition) is 0. The molecule has 74 valence electrons. The van der Waals surface area contributed by atoms with Gasteiger partial charge in [0.1, 0.15) is 0 Å². The van der Waals surface area contributed by atoms with Crippen molar-refractivity contribution in [2.75, 3.05) is 0 Å². The molecular formula is C8H6ClNO2S2. The van der Waals surface area contributed by atoms with Crippen LogP contribution in [-0.2, 0) is 9.05 Å². The van der Waals surface area contributed by atoms with E-state index < -0.39 is 9.05 Å². The molecule has 0 unspecified atom stereocenters. The van der Waals surface area contributed by atoms with Crippen LogP contribution in [0.25, 0.3) is 10.1 Å². The van der Waals surface area contributed by atoms with Gasteiger partial charge in [-0.15, -0.1) is 0 Å². The topological polar surface area (TPSA) is 47.0 Å². The highest BCUT2D eigenvalue weighted by Crippen LogP contribution is 2.27. The maximum absolute atomic E-state index is 11.1. The Morgan fingerprint density at radius 3 is 2.79 bits per heavy atom. The van der Waals surface area contributed by atoms with Crippen molar-refractivity contribution in [3.8, 4) is 0 Å². The summed E-state index contributed by atoms with van der Waals surface area (Å²) in [6.07, 6.45) is 1.64. The van der Waals surface area contributed by atoms with Gasteiger partial charge in [-0.25, -0.2) is 8.42 Å². The van der Waals surface area contributed by atoms with Gasteiger partial charge < -0.3 is 0 Å². The highest BCUT2D eigenvalue weighted by Gasteiger charge is 2.12. The number of nitrogens with zero attached hydrogens (tertiary/aromatic N) is 1. The lowest BCUT2D eigenvalue weighted by atomic mass is 10.2. The molecule has 0 aliphatic rings. The fourth-order valence-electron chi connectivity index (χ4n) is 1.26. The third-order valence-corrected chi connectivity index (χ3v) is 4.18. The molecule has 0 bridgehead atoms. The molecule has 0 amide bonds. The zero-order valence-corrected chi connectivity index (χ0v) is 9.58. The summed E-state index contributed by atoms with van der Waals surface area (Å²) >= 11 is 1.35. The monoisotopic (exact) mass is 247 g/mol. The Morgan fingerprint density at radius 1 is 1.43 bits per heavy atom. The number of aryl methyl sites for hydroxylation is 1. The predicted molar refractivity (Wildman–Crippen MR) is 57.4 cm³/mol. The van der Waals surface area contributed by atoms with Crippen LogP contribution in [0.4, 0.5) is 0 Å². The van der Waals surface area contributed by atoms with E-state index in [1.54, 1.807) is 12.3 Å². The Morgan fingerprint density at radius 2 is 2.14 bits per heavy atom. The molecule has 3 nitrogen and oxygen atoms in total. The Kier molecular flexibility index (Phi) is 2.25. The second-order valence-electron chi connectivity index (χ2n) is 2.92. The fourth-order valence-corrected chi connectivity index (χ4v) is 2.81. The number of benzene rings is 1. The van der Waals surface area contributed by atoms with E-state index in [1.165, 1.54) is 17.6 Å². The van der Waals surface area contributed by atoms with Crippen molar-refractivity contribution in [2.45, 2.75) is 11.8 Å². The van der Waals surface area contributed by atoms with Crippen LogP contribution in [0.3, 0.4) is 0 Å². The highest BCUT2D eigenvalue weighted by atomic mass is 35.7. The van der Waals surface area contributed by atoms with E-state index in [0.717, 1.165) is 15.6 Å². The molecule has 6 heteroatoms. The molecule has 1 aromatic heterocycles. The summed E-state index contributed by atoms with van der Waals surface area (Å²) in [6.45, 7) is 1.84. The number of rotatable bonds is 1. The van der Waals surface area contributed by atoms with E-state index in [2.05, 4.69) is 4.37 Å². The van der Waals surface area contributed by atoms with E-state index >= 15 is 0 Å². The normalized spacial score (nSPS) is 12.1. The smallest absolute Gasteiger partial charge is 0.207 e. The van der Waals surface area contributed by atoms with Crippen molar-refractivity contribution in [1.29, 1.82) is 0 Å². The van der Waals surface area contributed by atoms with Crippen molar-refractivity contribution >= 4 is 41.4 Å². The predicted octanol–water partition coefficient (Wildman–Crippen LogP) is 2.53. The molecule has 0 aliphatic carbocycles. The van der Waals surface area contributed by atoms with Crippen LogP contribution in [0.1, 0.15) is 5.56 Å². The summed E-state index contributed by atoms with van der Waals surface area (Å²) < 4.78 is 27.2. The highest BCUT2D eigenvalue weighted by molar-refractivity contribution is 8.13. The molecule has 1 aromatic carbocycles. The second-order valence-corrected chi connectivity index (χ2v) is 6.29. The first kappa shape index (κ1) is 9.89. The minimum Gasteiger partial charge on any atom is -0.207 e. The van der Waals surface area contributed by atoms with Crippen LogP contribution < -0.4 is 0 Å². The van der Waals surface area contributed by atoms with Crippen LogP contribution in [0, 0.1) is 6.92 Å². The Balaban J connectivity index is 2.83. The van der Waals surface area contributed by atoms with Crippen molar-refractivity contribution in [3.05, 3.63) is 23.9 Å². The lowest BCUT2D eigenvalue weighted by molar-refractivity contribution is 0.609. The second kappa shape index (κ2) is 3.18. The first-order valence-corrected chi connectivity index (χ1v) is 6.86. The summed E-state index contributed by atoms with van der Waals surface area (Å²) in [5, 5.41) is 0.814. The fraction of sp³-hybridized carbons (Fsp3) is 0.125. The van der Waals surface area contributed by atoms with Crippen molar-refractivity contribution in [3.63, 3.8) is 0 Å². The minimum absolute atomic E-state index is 0.129. The first-order chi connectivity index (χ1) is 6.48. The molecule has 2 rings (SSSR count). The van der Waals surface area contributed by atoms with Gasteiger partial charge in [-0.1, -0.05) is 0 Å². The Hall–Kier alpha value is -0.650. The number of hydrogen-bond acceptors (Lipinski definition) is 4. The van der Waals surface area contributed by atoms with Gasteiger partial charge >= 0.3 is 0 Å². The van der Waals surface area contributed by atoms with Crippen LogP contribution in [0.2, 0.25) is 0 Å². The van der Waals surface area contributed by atoms with E-state index in [-0.39, 0.29) is 4.90 Å². The number of aromatic nitrogens is 1. The van der Waals surface area contributed by atoms with Crippen LogP contribution >= 0.6 is 22.2 Å². The Bertz CT molecular complexity index is 588. The minimum atomic E-state index is -3.65. The molecule has 2 aromatic rings. The maximum Gasteiger partial charge on any atom is 0.261 e. The zero-order valence-electron chi connectivity index (χ0n) is 7.19. The lowest BCUT2D eigenvalue weighted by Gasteiger charge is -1.99. The van der Waals surface area contributed by atoms with Gasteiger partial charge in [-0.05, 0) is 36.2 Å². The van der Waals surface area contributed by atoms with Crippen LogP contribution in [0.15, 0.2) is 23.2 Å². The molecule has 0 aliphatic heterocycles. The maximum atomic E-state index is 11.1. The molecule has 0 atom stereocenters. The molecule has 0 radical (unpaired) electrons. The number of fused-ring (bicyclic) bond motifs is 1. The number of halogens is 1. The van der Waals surface area contributed by atoms with Crippen molar-refractivity contribution in [2.24, 2.45) is 0 Å². The molecule has 0 saturated heterocycles. The molecule has 0 N–H and O–H groups in total. The Labute approximate surface area is 89.9 Å². The molecule has 0 fully saturated rings.